The van der Waals surface area contributed by atoms with Crippen LogP contribution in [0.15, 0.2) is 0 Å². The first-order valence-electron chi connectivity index (χ1n) is 6.94. The largest absolute Gasteiger partial charge is 0.394 e. The van der Waals surface area contributed by atoms with E-state index in [4.69, 9.17) is 9.84 Å². The van der Waals surface area contributed by atoms with E-state index < -0.39 is 0 Å². The maximum atomic E-state index is 12.7. The first-order valence-corrected chi connectivity index (χ1v) is 6.94. The summed E-state index contributed by atoms with van der Waals surface area (Å²) in [6.45, 7) is 5.58. The Morgan fingerprint density at radius 3 is 3.06 bits per heavy atom. The average molecular weight is 256 g/mol. The van der Waals surface area contributed by atoms with E-state index >= 15 is 0 Å². The van der Waals surface area contributed by atoms with Crippen molar-refractivity contribution in [1.29, 1.82) is 0 Å². The maximum Gasteiger partial charge on any atom is 0.230 e. The third-order valence-corrected chi connectivity index (χ3v) is 4.23. The number of aliphatic hydroxyl groups excluding tert-OH is 1. The molecule has 2 rings (SSSR count). The standard InChI is InChI=1S/C13H24N2O3/c1-2-13(4-3-5-14-10-13)12(17)15-6-7-18-11(8-15)9-16/h11,14,16H,2-10H2,1H3. The second-order valence-electron chi connectivity index (χ2n) is 5.34. The van der Waals surface area contributed by atoms with Crippen LogP contribution in [0.25, 0.3) is 0 Å². The highest BCUT2D eigenvalue weighted by atomic mass is 16.5. The number of piperidine rings is 1. The van der Waals surface area contributed by atoms with Crippen molar-refractivity contribution in [2.45, 2.75) is 32.3 Å². The van der Waals surface area contributed by atoms with Crippen molar-refractivity contribution in [3.63, 3.8) is 0 Å². The third kappa shape index (κ3) is 2.68. The van der Waals surface area contributed by atoms with Crippen LogP contribution in [0, 0.1) is 5.41 Å². The zero-order chi connectivity index (χ0) is 13.0. The van der Waals surface area contributed by atoms with Crippen LogP contribution in [-0.2, 0) is 9.53 Å². The molecule has 2 heterocycles. The van der Waals surface area contributed by atoms with Gasteiger partial charge in [-0.15, -0.1) is 0 Å². The zero-order valence-corrected chi connectivity index (χ0v) is 11.2. The van der Waals surface area contributed by atoms with Gasteiger partial charge in [0, 0.05) is 19.6 Å². The number of morpholine rings is 1. The molecule has 2 atom stereocenters. The summed E-state index contributed by atoms with van der Waals surface area (Å²) >= 11 is 0. The fourth-order valence-corrected chi connectivity index (χ4v) is 2.95. The van der Waals surface area contributed by atoms with Crippen LogP contribution in [-0.4, -0.2) is 61.4 Å². The van der Waals surface area contributed by atoms with E-state index in [1.165, 1.54) is 0 Å². The third-order valence-electron chi connectivity index (χ3n) is 4.23. The van der Waals surface area contributed by atoms with Gasteiger partial charge in [0.25, 0.3) is 0 Å². The minimum Gasteiger partial charge on any atom is -0.394 e. The van der Waals surface area contributed by atoms with Crippen LogP contribution in [0.3, 0.4) is 0 Å². The van der Waals surface area contributed by atoms with Gasteiger partial charge in [0.15, 0.2) is 0 Å². The lowest BCUT2D eigenvalue weighted by molar-refractivity contribution is -0.152. The molecule has 2 N–H and O–H groups in total. The quantitative estimate of drug-likeness (QED) is 0.745. The van der Waals surface area contributed by atoms with E-state index in [1.54, 1.807) is 0 Å². The van der Waals surface area contributed by atoms with E-state index in [0.29, 0.717) is 19.7 Å². The van der Waals surface area contributed by atoms with E-state index in [1.807, 2.05) is 4.90 Å². The van der Waals surface area contributed by atoms with Gasteiger partial charge in [0.2, 0.25) is 5.91 Å². The van der Waals surface area contributed by atoms with Crippen molar-refractivity contribution < 1.29 is 14.6 Å². The summed E-state index contributed by atoms with van der Waals surface area (Å²) in [6.07, 6.45) is 2.69. The molecule has 0 spiro atoms. The van der Waals surface area contributed by atoms with E-state index in [0.717, 1.165) is 32.4 Å². The first-order chi connectivity index (χ1) is 8.72. The minimum atomic E-state index is -0.240. The first kappa shape index (κ1) is 13.8. The normalized spacial score (nSPS) is 33.4. The van der Waals surface area contributed by atoms with Crippen LogP contribution < -0.4 is 5.32 Å². The molecule has 0 radical (unpaired) electrons. The molecule has 0 bridgehead atoms. The van der Waals surface area contributed by atoms with Crippen molar-refractivity contribution in [2.24, 2.45) is 5.41 Å². The van der Waals surface area contributed by atoms with Gasteiger partial charge in [0.05, 0.1) is 24.7 Å². The van der Waals surface area contributed by atoms with Crippen molar-refractivity contribution in [3.8, 4) is 0 Å². The van der Waals surface area contributed by atoms with E-state index in [-0.39, 0.29) is 24.0 Å². The fourth-order valence-electron chi connectivity index (χ4n) is 2.95. The Kier molecular flexibility index (Phi) is 4.59. The average Bonchev–Trinajstić information content (AvgIpc) is 2.47. The van der Waals surface area contributed by atoms with Crippen LogP contribution >= 0.6 is 0 Å². The van der Waals surface area contributed by atoms with Crippen LogP contribution in [0.1, 0.15) is 26.2 Å². The summed E-state index contributed by atoms with van der Waals surface area (Å²) in [7, 11) is 0. The molecule has 0 saturated carbocycles. The lowest BCUT2D eigenvalue weighted by Crippen LogP contribution is -2.56. The summed E-state index contributed by atoms with van der Waals surface area (Å²) in [6, 6.07) is 0. The van der Waals surface area contributed by atoms with Gasteiger partial charge in [0.1, 0.15) is 0 Å². The highest BCUT2D eigenvalue weighted by Gasteiger charge is 2.41. The molecule has 0 aromatic rings. The minimum absolute atomic E-state index is 0.0127. The second kappa shape index (κ2) is 5.99. The molecular formula is C13H24N2O3. The smallest absolute Gasteiger partial charge is 0.230 e. The molecule has 2 aliphatic heterocycles. The molecule has 2 saturated heterocycles. The second-order valence-corrected chi connectivity index (χ2v) is 5.34. The van der Waals surface area contributed by atoms with Crippen molar-refractivity contribution in [1.82, 2.24) is 10.2 Å². The molecule has 5 nitrogen and oxygen atoms in total. The highest BCUT2D eigenvalue weighted by molar-refractivity contribution is 5.83. The van der Waals surface area contributed by atoms with Gasteiger partial charge in [-0.05, 0) is 25.8 Å². The summed E-state index contributed by atoms with van der Waals surface area (Å²) < 4.78 is 5.40. The number of rotatable bonds is 3. The van der Waals surface area contributed by atoms with Crippen LogP contribution in [0.2, 0.25) is 0 Å². The summed E-state index contributed by atoms with van der Waals surface area (Å²) in [5, 5.41) is 12.5. The SMILES string of the molecule is CCC1(C(=O)N2CCOC(CO)C2)CCCNC1. The molecule has 104 valence electrons. The summed E-state index contributed by atoms with van der Waals surface area (Å²) in [5.41, 5.74) is -0.240. The Labute approximate surface area is 108 Å². The zero-order valence-electron chi connectivity index (χ0n) is 11.2. The molecule has 1 amide bonds. The van der Waals surface area contributed by atoms with Crippen LogP contribution in [0.5, 0.6) is 0 Å². The van der Waals surface area contributed by atoms with Crippen LogP contribution in [0.4, 0.5) is 0 Å². The van der Waals surface area contributed by atoms with Gasteiger partial charge in [-0.3, -0.25) is 4.79 Å². The Bertz CT molecular complexity index is 290. The van der Waals surface area contributed by atoms with Gasteiger partial charge >= 0.3 is 0 Å². The molecule has 0 aromatic carbocycles. The van der Waals surface area contributed by atoms with Crippen molar-refractivity contribution in [2.75, 3.05) is 39.4 Å². The van der Waals surface area contributed by atoms with Gasteiger partial charge < -0.3 is 20.1 Å². The Morgan fingerprint density at radius 2 is 2.44 bits per heavy atom. The monoisotopic (exact) mass is 256 g/mol. The number of carbonyl (C=O) groups is 1. The predicted octanol–water partition coefficient (Wildman–Crippen LogP) is -0.0141. The van der Waals surface area contributed by atoms with Crippen molar-refractivity contribution in [3.05, 3.63) is 0 Å². The molecule has 5 heteroatoms. The summed E-state index contributed by atoms with van der Waals surface area (Å²) in [5.74, 6) is 0.235. The number of ether oxygens (including phenoxy) is 1. The van der Waals surface area contributed by atoms with Gasteiger partial charge in [-0.25, -0.2) is 0 Å². The number of amides is 1. The number of carbonyl (C=O) groups excluding carboxylic acids is 1. The summed E-state index contributed by atoms with van der Waals surface area (Å²) in [4.78, 5) is 14.6. The molecule has 0 aliphatic carbocycles. The molecule has 2 fully saturated rings. The highest BCUT2D eigenvalue weighted by Crippen LogP contribution is 2.32. The number of nitrogens with zero attached hydrogens (tertiary/aromatic N) is 1. The topological polar surface area (TPSA) is 61.8 Å². The number of hydrogen-bond acceptors (Lipinski definition) is 4. The molecular weight excluding hydrogens is 232 g/mol. The molecule has 2 unspecified atom stereocenters. The number of nitrogens with one attached hydrogen (secondary N) is 1. The van der Waals surface area contributed by atoms with E-state index in [2.05, 4.69) is 12.2 Å². The Morgan fingerprint density at radius 1 is 1.61 bits per heavy atom. The Balaban J connectivity index is 2.04. The molecule has 0 aromatic heterocycles. The molecule has 18 heavy (non-hydrogen) atoms. The van der Waals surface area contributed by atoms with E-state index in [9.17, 15) is 4.79 Å². The number of hydrogen-bond donors (Lipinski definition) is 2. The molecule has 2 aliphatic rings. The Hall–Kier alpha value is -0.650. The van der Waals surface area contributed by atoms with Crippen molar-refractivity contribution >= 4 is 5.91 Å². The van der Waals surface area contributed by atoms with Gasteiger partial charge in [-0.1, -0.05) is 6.92 Å². The number of aliphatic hydroxyl groups is 1. The lowest BCUT2D eigenvalue weighted by atomic mass is 9.77. The predicted molar refractivity (Wildman–Crippen MR) is 68.2 cm³/mol. The van der Waals surface area contributed by atoms with Gasteiger partial charge in [-0.2, -0.15) is 0 Å². The lowest BCUT2D eigenvalue weighted by Gasteiger charge is -2.42. The fraction of sp³-hybridized carbons (Fsp3) is 0.923. The maximum absolute atomic E-state index is 12.7.